The van der Waals surface area contributed by atoms with E-state index in [1.807, 2.05) is 31.4 Å². The number of hydrogen-bond donors (Lipinski definition) is 1. The molecule has 0 saturated heterocycles. The second kappa shape index (κ2) is 5.30. The van der Waals surface area contributed by atoms with E-state index in [1.54, 1.807) is 23.2 Å². The van der Waals surface area contributed by atoms with Crippen LogP contribution >= 0.6 is 11.3 Å². The van der Waals surface area contributed by atoms with Gasteiger partial charge < -0.3 is 4.90 Å². The molecule has 18 heavy (non-hydrogen) atoms. The average molecular weight is 264 g/mol. The molecule has 5 nitrogen and oxygen atoms in total. The summed E-state index contributed by atoms with van der Waals surface area (Å²) in [6.45, 7) is 6.36. The van der Waals surface area contributed by atoms with E-state index in [4.69, 9.17) is 0 Å². The molecule has 0 atom stereocenters. The van der Waals surface area contributed by atoms with Crippen molar-refractivity contribution in [1.29, 1.82) is 0 Å². The highest BCUT2D eigenvalue weighted by Crippen LogP contribution is 2.15. The number of aromatic nitrogens is 3. The van der Waals surface area contributed by atoms with Crippen molar-refractivity contribution in [3.05, 3.63) is 34.0 Å². The highest BCUT2D eigenvalue weighted by atomic mass is 32.1. The van der Waals surface area contributed by atoms with Gasteiger partial charge in [-0.1, -0.05) is 6.07 Å². The first-order valence-electron chi connectivity index (χ1n) is 5.80. The smallest absolute Gasteiger partial charge is 0.294 e. The average Bonchev–Trinajstić information content (AvgIpc) is 2.95. The maximum Gasteiger partial charge on any atom is 0.294 e. The Kier molecular flexibility index (Phi) is 3.76. The van der Waals surface area contributed by atoms with Crippen LogP contribution in [0.15, 0.2) is 17.5 Å². The molecular weight excluding hydrogens is 248 g/mol. The first-order valence-corrected chi connectivity index (χ1v) is 6.68. The zero-order valence-electron chi connectivity index (χ0n) is 10.7. The minimum atomic E-state index is -0.136. The van der Waals surface area contributed by atoms with Gasteiger partial charge in [0.15, 0.2) is 0 Å². The van der Waals surface area contributed by atoms with Gasteiger partial charge in [0.25, 0.3) is 5.91 Å². The van der Waals surface area contributed by atoms with Crippen LogP contribution in [0.3, 0.4) is 0 Å². The lowest BCUT2D eigenvalue weighted by Crippen LogP contribution is -2.36. The molecule has 2 aromatic rings. The number of aryl methyl sites for hydroxylation is 1. The first-order chi connectivity index (χ1) is 8.58. The molecule has 2 heterocycles. The Balaban J connectivity index is 2.17. The molecular formula is C12H16N4OS. The lowest BCUT2D eigenvalue weighted by atomic mass is 10.3. The summed E-state index contributed by atoms with van der Waals surface area (Å²) in [5.41, 5.74) is 0. The molecule has 0 radical (unpaired) electrons. The van der Waals surface area contributed by atoms with Crippen LogP contribution in [0.25, 0.3) is 0 Å². The third-order valence-electron chi connectivity index (χ3n) is 2.58. The van der Waals surface area contributed by atoms with Crippen molar-refractivity contribution < 1.29 is 4.79 Å². The van der Waals surface area contributed by atoms with Gasteiger partial charge in [-0.2, -0.15) is 0 Å². The maximum atomic E-state index is 12.3. The van der Waals surface area contributed by atoms with Crippen LogP contribution in [0.4, 0.5) is 0 Å². The number of aromatic amines is 1. The van der Waals surface area contributed by atoms with Crippen LogP contribution in [0.5, 0.6) is 0 Å². The highest BCUT2D eigenvalue weighted by molar-refractivity contribution is 7.09. The lowest BCUT2D eigenvalue weighted by molar-refractivity contribution is 0.0680. The summed E-state index contributed by atoms with van der Waals surface area (Å²) in [5, 5.41) is 8.63. The molecule has 0 aliphatic rings. The zero-order chi connectivity index (χ0) is 13.1. The minimum Gasteiger partial charge on any atom is -0.328 e. The summed E-state index contributed by atoms with van der Waals surface area (Å²) in [6, 6.07) is 4.12. The van der Waals surface area contributed by atoms with E-state index in [1.165, 1.54) is 0 Å². The third kappa shape index (κ3) is 2.76. The number of carbonyl (C=O) groups excluding carboxylic acids is 1. The predicted octanol–water partition coefficient (Wildman–Crippen LogP) is 2.23. The summed E-state index contributed by atoms with van der Waals surface area (Å²) in [7, 11) is 0. The normalized spacial score (nSPS) is 10.9. The van der Waals surface area contributed by atoms with E-state index in [-0.39, 0.29) is 17.8 Å². The molecule has 96 valence electrons. The van der Waals surface area contributed by atoms with Gasteiger partial charge in [-0.3, -0.25) is 9.89 Å². The summed E-state index contributed by atoms with van der Waals surface area (Å²) in [6.07, 6.45) is 0. The van der Waals surface area contributed by atoms with Gasteiger partial charge in [0.05, 0.1) is 6.54 Å². The molecule has 1 N–H and O–H groups in total. The molecule has 2 rings (SSSR count). The Hall–Kier alpha value is -1.69. The Bertz CT molecular complexity index is 518. The second-order valence-corrected chi connectivity index (χ2v) is 5.38. The number of thiophene rings is 1. The van der Waals surface area contributed by atoms with E-state index in [9.17, 15) is 4.79 Å². The van der Waals surface area contributed by atoms with Gasteiger partial charge in [0.1, 0.15) is 5.82 Å². The van der Waals surface area contributed by atoms with Crippen LogP contribution in [-0.4, -0.2) is 32.0 Å². The molecule has 6 heteroatoms. The molecule has 1 amide bonds. The van der Waals surface area contributed by atoms with Crippen molar-refractivity contribution in [3.63, 3.8) is 0 Å². The van der Waals surface area contributed by atoms with Crippen molar-refractivity contribution in [3.8, 4) is 0 Å². The topological polar surface area (TPSA) is 61.9 Å². The van der Waals surface area contributed by atoms with Gasteiger partial charge in [-0.15, -0.1) is 16.4 Å². The van der Waals surface area contributed by atoms with Crippen LogP contribution < -0.4 is 0 Å². The molecule has 0 aliphatic carbocycles. The van der Waals surface area contributed by atoms with E-state index in [0.29, 0.717) is 12.4 Å². The summed E-state index contributed by atoms with van der Waals surface area (Å²) >= 11 is 1.64. The molecule has 0 saturated carbocycles. The molecule has 0 unspecified atom stereocenters. The lowest BCUT2D eigenvalue weighted by Gasteiger charge is -2.24. The van der Waals surface area contributed by atoms with Crippen LogP contribution in [0.2, 0.25) is 0 Å². The maximum absolute atomic E-state index is 12.3. The van der Waals surface area contributed by atoms with Gasteiger partial charge >= 0.3 is 0 Å². The van der Waals surface area contributed by atoms with Gasteiger partial charge in [-0.05, 0) is 32.2 Å². The molecule has 0 fully saturated rings. The number of nitrogens with zero attached hydrogens (tertiary/aromatic N) is 3. The van der Waals surface area contributed by atoms with Crippen molar-refractivity contribution in [1.82, 2.24) is 20.1 Å². The second-order valence-electron chi connectivity index (χ2n) is 4.35. The van der Waals surface area contributed by atoms with Gasteiger partial charge in [-0.25, -0.2) is 4.98 Å². The molecule has 2 aromatic heterocycles. The Labute approximate surface area is 110 Å². The van der Waals surface area contributed by atoms with E-state index in [2.05, 4.69) is 15.2 Å². The summed E-state index contributed by atoms with van der Waals surface area (Å²) < 4.78 is 0. The highest BCUT2D eigenvalue weighted by Gasteiger charge is 2.22. The van der Waals surface area contributed by atoms with Gasteiger partial charge in [0, 0.05) is 10.9 Å². The van der Waals surface area contributed by atoms with Gasteiger partial charge in [0.2, 0.25) is 5.82 Å². The minimum absolute atomic E-state index is 0.110. The SMILES string of the molecule is Cc1nc(C(=O)N(Cc2cccs2)C(C)C)n[nH]1. The molecule has 0 aliphatic heterocycles. The Morgan fingerprint density at radius 2 is 2.33 bits per heavy atom. The van der Waals surface area contributed by atoms with Crippen molar-refractivity contribution in [2.45, 2.75) is 33.4 Å². The largest absolute Gasteiger partial charge is 0.328 e. The van der Waals surface area contributed by atoms with E-state index in [0.717, 1.165) is 4.88 Å². The predicted molar refractivity (Wildman–Crippen MR) is 70.4 cm³/mol. The number of H-pyrrole nitrogens is 1. The number of nitrogens with one attached hydrogen (secondary N) is 1. The van der Waals surface area contributed by atoms with E-state index >= 15 is 0 Å². The quantitative estimate of drug-likeness (QED) is 0.921. The summed E-state index contributed by atoms with van der Waals surface area (Å²) in [5.74, 6) is 0.749. The van der Waals surface area contributed by atoms with Crippen LogP contribution in [0.1, 0.15) is 35.2 Å². The third-order valence-corrected chi connectivity index (χ3v) is 3.44. The summed E-state index contributed by atoms with van der Waals surface area (Å²) in [4.78, 5) is 19.3. The molecule has 0 aromatic carbocycles. The van der Waals surface area contributed by atoms with E-state index < -0.39 is 0 Å². The standard InChI is InChI=1S/C12H16N4OS/c1-8(2)16(7-10-5-4-6-18-10)12(17)11-13-9(3)14-15-11/h4-6,8H,7H2,1-3H3,(H,13,14,15). The Morgan fingerprint density at radius 3 is 2.83 bits per heavy atom. The zero-order valence-corrected chi connectivity index (χ0v) is 11.5. The van der Waals surface area contributed by atoms with Crippen molar-refractivity contribution in [2.75, 3.05) is 0 Å². The number of carbonyl (C=O) groups is 1. The van der Waals surface area contributed by atoms with Crippen LogP contribution in [-0.2, 0) is 6.54 Å². The monoisotopic (exact) mass is 264 g/mol. The first kappa shape index (κ1) is 12.8. The fourth-order valence-electron chi connectivity index (χ4n) is 1.63. The fraction of sp³-hybridized carbons (Fsp3) is 0.417. The number of amides is 1. The molecule has 0 spiro atoms. The van der Waals surface area contributed by atoms with Crippen molar-refractivity contribution >= 4 is 17.2 Å². The Morgan fingerprint density at radius 1 is 1.56 bits per heavy atom. The van der Waals surface area contributed by atoms with Crippen LogP contribution in [0, 0.1) is 6.92 Å². The van der Waals surface area contributed by atoms with Crippen molar-refractivity contribution in [2.24, 2.45) is 0 Å². The molecule has 0 bridgehead atoms. The fourth-order valence-corrected chi connectivity index (χ4v) is 2.33. The number of rotatable bonds is 4. The number of hydrogen-bond acceptors (Lipinski definition) is 4.